The van der Waals surface area contributed by atoms with Crippen LogP contribution in [0.4, 0.5) is 0 Å². The molecule has 0 aromatic carbocycles. The van der Waals surface area contributed by atoms with Crippen LogP contribution in [0.2, 0.25) is 0 Å². The second kappa shape index (κ2) is 10.3. The number of nitrogens with one attached hydrogen (secondary N) is 2. The molecule has 126 valence electrons. The summed E-state index contributed by atoms with van der Waals surface area (Å²) in [5.41, 5.74) is 0. The Hall–Kier alpha value is -1.43. The van der Waals surface area contributed by atoms with Gasteiger partial charge < -0.3 is 10.2 Å². The fourth-order valence-corrected chi connectivity index (χ4v) is 2.51. The van der Waals surface area contributed by atoms with Gasteiger partial charge in [-0.3, -0.25) is 19.7 Å². The summed E-state index contributed by atoms with van der Waals surface area (Å²) in [7, 11) is 0. The SMILES string of the molecule is CCCCN(CCCC)C(=O)C(=O)NC(=O)C1CCNCC1. The first-order valence-corrected chi connectivity index (χ1v) is 8.44. The van der Waals surface area contributed by atoms with E-state index in [1.165, 1.54) is 0 Å². The second-order valence-corrected chi connectivity index (χ2v) is 5.84. The van der Waals surface area contributed by atoms with Crippen LogP contribution >= 0.6 is 0 Å². The van der Waals surface area contributed by atoms with Crippen molar-refractivity contribution in [3.8, 4) is 0 Å². The zero-order valence-corrected chi connectivity index (χ0v) is 13.8. The normalized spacial score (nSPS) is 15.4. The van der Waals surface area contributed by atoms with Gasteiger partial charge in [0.25, 0.3) is 0 Å². The van der Waals surface area contributed by atoms with Crippen LogP contribution in [0.5, 0.6) is 0 Å². The molecule has 22 heavy (non-hydrogen) atoms. The highest BCUT2D eigenvalue weighted by molar-refractivity contribution is 6.37. The maximum Gasteiger partial charge on any atom is 0.316 e. The molecule has 1 rings (SSSR count). The number of piperidine rings is 1. The average molecular weight is 311 g/mol. The number of imide groups is 1. The van der Waals surface area contributed by atoms with Gasteiger partial charge >= 0.3 is 11.8 Å². The van der Waals surface area contributed by atoms with Crippen molar-refractivity contribution in [3.63, 3.8) is 0 Å². The van der Waals surface area contributed by atoms with Gasteiger partial charge in [0.1, 0.15) is 0 Å². The lowest BCUT2D eigenvalue weighted by Gasteiger charge is -2.23. The molecule has 0 spiro atoms. The molecule has 6 heteroatoms. The molecular formula is C16H29N3O3. The molecule has 0 radical (unpaired) electrons. The van der Waals surface area contributed by atoms with Crippen molar-refractivity contribution in [2.75, 3.05) is 26.2 Å². The molecular weight excluding hydrogens is 282 g/mol. The molecule has 0 atom stereocenters. The van der Waals surface area contributed by atoms with Crippen molar-refractivity contribution in [1.29, 1.82) is 0 Å². The molecule has 1 aliphatic heterocycles. The zero-order valence-electron chi connectivity index (χ0n) is 13.8. The topological polar surface area (TPSA) is 78.5 Å². The first-order valence-electron chi connectivity index (χ1n) is 8.44. The summed E-state index contributed by atoms with van der Waals surface area (Å²) in [6.07, 6.45) is 5.08. The number of hydrogen-bond donors (Lipinski definition) is 2. The first kappa shape index (κ1) is 18.6. The molecule has 6 nitrogen and oxygen atoms in total. The smallest absolute Gasteiger partial charge is 0.316 e. The third kappa shape index (κ3) is 6.13. The van der Waals surface area contributed by atoms with Gasteiger partial charge in [0, 0.05) is 19.0 Å². The third-order valence-electron chi connectivity index (χ3n) is 3.99. The largest absolute Gasteiger partial charge is 0.334 e. The van der Waals surface area contributed by atoms with Gasteiger partial charge in [0.2, 0.25) is 5.91 Å². The van der Waals surface area contributed by atoms with Crippen molar-refractivity contribution in [3.05, 3.63) is 0 Å². The Bertz CT molecular complexity index is 371. The molecule has 1 fully saturated rings. The van der Waals surface area contributed by atoms with Crippen molar-refractivity contribution >= 4 is 17.7 Å². The molecule has 0 aliphatic carbocycles. The zero-order chi connectivity index (χ0) is 16.4. The number of carbonyl (C=O) groups excluding carboxylic acids is 3. The average Bonchev–Trinajstić information content (AvgIpc) is 2.55. The highest BCUT2D eigenvalue weighted by Gasteiger charge is 2.27. The lowest BCUT2D eigenvalue weighted by molar-refractivity contribution is -0.148. The number of carbonyl (C=O) groups is 3. The number of nitrogens with zero attached hydrogens (tertiary/aromatic N) is 1. The van der Waals surface area contributed by atoms with Gasteiger partial charge in [-0.15, -0.1) is 0 Å². The number of amides is 3. The standard InChI is InChI=1S/C16H29N3O3/c1-3-5-11-19(12-6-4-2)16(22)15(21)18-14(20)13-7-9-17-10-8-13/h13,17H,3-12H2,1-2H3,(H,18,20,21). The Morgan fingerprint density at radius 3 is 2.09 bits per heavy atom. The van der Waals surface area contributed by atoms with Crippen LogP contribution in [0.3, 0.4) is 0 Å². The Kier molecular flexibility index (Phi) is 8.74. The van der Waals surface area contributed by atoms with Crippen LogP contribution in [-0.2, 0) is 14.4 Å². The van der Waals surface area contributed by atoms with E-state index in [-0.39, 0.29) is 11.8 Å². The van der Waals surface area contributed by atoms with Crippen LogP contribution < -0.4 is 10.6 Å². The maximum absolute atomic E-state index is 12.2. The van der Waals surface area contributed by atoms with Crippen molar-refractivity contribution in [2.24, 2.45) is 5.92 Å². The van der Waals surface area contributed by atoms with Crippen LogP contribution in [0.1, 0.15) is 52.4 Å². The number of hydrogen-bond acceptors (Lipinski definition) is 4. The molecule has 0 aromatic rings. The minimum atomic E-state index is -0.782. The summed E-state index contributed by atoms with van der Waals surface area (Å²) >= 11 is 0. The van der Waals surface area contributed by atoms with E-state index in [1.54, 1.807) is 4.90 Å². The van der Waals surface area contributed by atoms with E-state index < -0.39 is 11.8 Å². The Morgan fingerprint density at radius 1 is 1.05 bits per heavy atom. The van der Waals surface area contributed by atoms with Gasteiger partial charge in [0.05, 0.1) is 0 Å². The Balaban J connectivity index is 2.51. The summed E-state index contributed by atoms with van der Waals surface area (Å²) < 4.78 is 0. The van der Waals surface area contributed by atoms with E-state index in [2.05, 4.69) is 10.6 Å². The highest BCUT2D eigenvalue weighted by atomic mass is 16.2. The lowest BCUT2D eigenvalue weighted by atomic mass is 9.97. The van der Waals surface area contributed by atoms with Gasteiger partial charge in [-0.25, -0.2) is 0 Å². The first-order chi connectivity index (χ1) is 10.6. The quantitative estimate of drug-likeness (QED) is 0.689. The lowest BCUT2D eigenvalue weighted by Crippen LogP contribution is -2.48. The van der Waals surface area contributed by atoms with Crippen LogP contribution in [0, 0.1) is 5.92 Å². The van der Waals surface area contributed by atoms with Crippen molar-refractivity contribution in [2.45, 2.75) is 52.4 Å². The second-order valence-electron chi connectivity index (χ2n) is 5.84. The van der Waals surface area contributed by atoms with E-state index >= 15 is 0 Å². The van der Waals surface area contributed by atoms with Gasteiger partial charge in [0.15, 0.2) is 0 Å². The summed E-state index contributed by atoms with van der Waals surface area (Å²) in [6, 6.07) is 0. The molecule has 0 bridgehead atoms. The highest BCUT2D eigenvalue weighted by Crippen LogP contribution is 2.11. The third-order valence-corrected chi connectivity index (χ3v) is 3.99. The minimum Gasteiger partial charge on any atom is -0.334 e. The molecule has 2 N–H and O–H groups in total. The van der Waals surface area contributed by atoms with Gasteiger partial charge in [-0.2, -0.15) is 0 Å². The summed E-state index contributed by atoms with van der Waals surface area (Å²) in [5.74, 6) is -1.84. The monoisotopic (exact) mass is 311 g/mol. The van der Waals surface area contributed by atoms with E-state index in [9.17, 15) is 14.4 Å². The molecule has 0 unspecified atom stereocenters. The maximum atomic E-state index is 12.2. The van der Waals surface area contributed by atoms with E-state index in [4.69, 9.17) is 0 Å². The van der Waals surface area contributed by atoms with E-state index in [0.717, 1.165) is 38.8 Å². The summed E-state index contributed by atoms with van der Waals surface area (Å²) in [6.45, 7) is 6.79. The van der Waals surface area contributed by atoms with Gasteiger partial charge in [-0.1, -0.05) is 26.7 Å². The van der Waals surface area contributed by atoms with Crippen molar-refractivity contribution in [1.82, 2.24) is 15.5 Å². The predicted molar refractivity (Wildman–Crippen MR) is 85.1 cm³/mol. The Morgan fingerprint density at radius 2 is 1.59 bits per heavy atom. The molecule has 1 heterocycles. The fourth-order valence-electron chi connectivity index (χ4n) is 2.51. The fraction of sp³-hybridized carbons (Fsp3) is 0.812. The summed E-state index contributed by atoms with van der Waals surface area (Å²) in [5, 5.41) is 5.46. The van der Waals surface area contributed by atoms with Crippen LogP contribution in [0.15, 0.2) is 0 Å². The number of rotatable bonds is 7. The summed E-state index contributed by atoms with van der Waals surface area (Å²) in [4.78, 5) is 37.8. The molecule has 0 aromatic heterocycles. The molecule has 1 saturated heterocycles. The van der Waals surface area contributed by atoms with Crippen molar-refractivity contribution < 1.29 is 14.4 Å². The molecule has 3 amide bonds. The molecule has 1 aliphatic rings. The van der Waals surface area contributed by atoms with E-state index in [0.29, 0.717) is 25.9 Å². The minimum absolute atomic E-state index is 0.169. The van der Waals surface area contributed by atoms with Crippen LogP contribution in [-0.4, -0.2) is 48.8 Å². The Labute approximate surface area is 133 Å². The molecule has 0 saturated carbocycles. The number of unbranched alkanes of at least 4 members (excludes halogenated alkanes) is 2. The van der Waals surface area contributed by atoms with Crippen LogP contribution in [0.25, 0.3) is 0 Å². The van der Waals surface area contributed by atoms with Gasteiger partial charge in [-0.05, 0) is 38.8 Å². The van der Waals surface area contributed by atoms with E-state index in [1.807, 2.05) is 13.8 Å². The predicted octanol–water partition coefficient (Wildman–Crippen LogP) is 1.06.